The Bertz CT molecular complexity index is 171. The lowest BCUT2D eigenvalue weighted by Gasteiger charge is -2.32. The van der Waals surface area contributed by atoms with E-state index < -0.39 is 0 Å². The molecule has 1 N–H and O–H groups in total. The Balaban J connectivity index is 2.40. The van der Waals surface area contributed by atoms with Gasteiger partial charge in [-0.2, -0.15) is 11.8 Å². The molecule has 0 aromatic rings. The van der Waals surface area contributed by atoms with Crippen molar-refractivity contribution in [3.63, 3.8) is 0 Å². The number of hydrogen-bond donors (Lipinski definition) is 1. The smallest absolute Gasteiger partial charge is 0.0818 e. The molecule has 1 aliphatic heterocycles. The van der Waals surface area contributed by atoms with Crippen LogP contribution >= 0.6 is 11.8 Å². The van der Waals surface area contributed by atoms with Crippen LogP contribution in [-0.2, 0) is 4.74 Å². The van der Waals surface area contributed by atoms with Crippen LogP contribution in [-0.4, -0.2) is 36.8 Å². The predicted octanol–water partition coefficient (Wildman–Crippen LogP) is 2.92. The van der Waals surface area contributed by atoms with Gasteiger partial charge in [0.1, 0.15) is 0 Å². The lowest BCUT2D eigenvalue weighted by Crippen LogP contribution is -2.46. The van der Waals surface area contributed by atoms with Crippen LogP contribution in [0.5, 0.6) is 0 Å². The van der Waals surface area contributed by atoms with Crippen molar-refractivity contribution in [2.45, 2.75) is 52.2 Å². The van der Waals surface area contributed by atoms with Crippen LogP contribution < -0.4 is 5.32 Å². The molecule has 0 amide bonds. The van der Waals surface area contributed by atoms with Crippen LogP contribution in [0.15, 0.2) is 0 Å². The summed E-state index contributed by atoms with van der Waals surface area (Å²) in [4.78, 5) is 0. The molecule has 16 heavy (non-hydrogen) atoms. The fraction of sp³-hybridized carbons (Fsp3) is 1.00. The van der Waals surface area contributed by atoms with E-state index in [-0.39, 0.29) is 0 Å². The van der Waals surface area contributed by atoms with Gasteiger partial charge >= 0.3 is 0 Å². The summed E-state index contributed by atoms with van der Waals surface area (Å²) >= 11 is 2.03. The van der Waals surface area contributed by atoms with Crippen LogP contribution in [0.4, 0.5) is 0 Å². The zero-order valence-corrected chi connectivity index (χ0v) is 11.8. The maximum atomic E-state index is 5.90. The summed E-state index contributed by atoms with van der Waals surface area (Å²) in [5.74, 6) is 3.13. The van der Waals surface area contributed by atoms with E-state index in [1.54, 1.807) is 0 Å². The van der Waals surface area contributed by atoms with Crippen molar-refractivity contribution in [3.8, 4) is 0 Å². The minimum atomic E-state index is 0.430. The van der Waals surface area contributed by atoms with E-state index >= 15 is 0 Å². The zero-order chi connectivity index (χ0) is 11.8. The first-order valence-electron chi connectivity index (χ1n) is 6.70. The minimum Gasteiger partial charge on any atom is -0.375 e. The maximum Gasteiger partial charge on any atom is 0.0818 e. The Morgan fingerprint density at radius 2 is 2.25 bits per heavy atom. The van der Waals surface area contributed by atoms with Gasteiger partial charge in [-0.25, -0.2) is 0 Å². The van der Waals surface area contributed by atoms with Gasteiger partial charge in [-0.05, 0) is 25.3 Å². The lowest BCUT2D eigenvalue weighted by molar-refractivity contribution is 0.0406. The second-order valence-electron chi connectivity index (χ2n) is 4.79. The molecule has 0 aromatic heterocycles. The molecule has 1 fully saturated rings. The molecule has 3 unspecified atom stereocenters. The molecular formula is C13H27NOS. The van der Waals surface area contributed by atoms with Gasteiger partial charge in [0.15, 0.2) is 0 Å². The van der Waals surface area contributed by atoms with Gasteiger partial charge in [0, 0.05) is 17.5 Å². The Hall–Kier alpha value is 0.270. The molecule has 3 heteroatoms. The molecule has 2 nitrogen and oxygen atoms in total. The van der Waals surface area contributed by atoms with E-state index in [0.29, 0.717) is 12.1 Å². The summed E-state index contributed by atoms with van der Waals surface area (Å²) in [6.45, 7) is 8.89. The highest BCUT2D eigenvalue weighted by Gasteiger charge is 2.25. The summed E-state index contributed by atoms with van der Waals surface area (Å²) in [7, 11) is 0. The highest BCUT2D eigenvalue weighted by atomic mass is 32.2. The molecule has 0 saturated carbocycles. The molecule has 0 aromatic carbocycles. The summed E-state index contributed by atoms with van der Waals surface area (Å²) < 4.78 is 5.90. The summed E-state index contributed by atoms with van der Waals surface area (Å²) in [5.41, 5.74) is 0. The highest BCUT2D eigenvalue weighted by Crippen LogP contribution is 2.20. The summed E-state index contributed by atoms with van der Waals surface area (Å²) in [6.07, 6.45) is 4.15. The number of ether oxygens (including phenoxy) is 1. The molecule has 3 atom stereocenters. The molecular weight excluding hydrogens is 218 g/mol. The van der Waals surface area contributed by atoms with Gasteiger partial charge in [0.05, 0.1) is 12.7 Å². The Kier molecular flexibility index (Phi) is 7.50. The molecule has 1 heterocycles. The molecule has 0 bridgehead atoms. The minimum absolute atomic E-state index is 0.430. The highest BCUT2D eigenvalue weighted by molar-refractivity contribution is 7.99. The quantitative estimate of drug-likeness (QED) is 0.745. The fourth-order valence-corrected chi connectivity index (χ4v) is 2.98. The number of hydrogen-bond acceptors (Lipinski definition) is 3. The Morgan fingerprint density at radius 3 is 2.81 bits per heavy atom. The van der Waals surface area contributed by atoms with Gasteiger partial charge < -0.3 is 10.1 Å². The summed E-state index contributed by atoms with van der Waals surface area (Å²) in [5, 5.41) is 3.67. The van der Waals surface area contributed by atoms with Gasteiger partial charge in [-0.1, -0.05) is 27.2 Å². The second-order valence-corrected chi connectivity index (χ2v) is 5.94. The zero-order valence-electron chi connectivity index (χ0n) is 11.0. The third-order valence-corrected chi connectivity index (χ3v) is 4.32. The van der Waals surface area contributed by atoms with Crippen molar-refractivity contribution in [2.24, 2.45) is 5.92 Å². The van der Waals surface area contributed by atoms with Crippen molar-refractivity contribution in [1.82, 2.24) is 5.32 Å². The van der Waals surface area contributed by atoms with Gasteiger partial charge in [0.2, 0.25) is 0 Å². The maximum absolute atomic E-state index is 5.90. The monoisotopic (exact) mass is 245 g/mol. The third kappa shape index (κ3) is 5.07. The van der Waals surface area contributed by atoms with Gasteiger partial charge in [0.25, 0.3) is 0 Å². The van der Waals surface area contributed by atoms with Crippen LogP contribution in [0.25, 0.3) is 0 Å². The van der Waals surface area contributed by atoms with Crippen molar-refractivity contribution in [2.75, 3.05) is 24.7 Å². The summed E-state index contributed by atoms with van der Waals surface area (Å²) in [6, 6.07) is 0.558. The van der Waals surface area contributed by atoms with Crippen molar-refractivity contribution >= 4 is 11.8 Å². The van der Waals surface area contributed by atoms with Crippen molar-refractivity contribution < 1.29 is 4.74 Å². The standard InChI is InChI=1S/C13H27NOS/c1-4-6-14-12(9-11(3)5-2)13-10-16-8-7-15-13/h11-14H,4-10H2,1-3H3. The van der Waals surface area contributed by atoms with E-state index in [9.17, 15) is 0 Å². The van der Waals surface area contributed by atoms with Crippen molar-refractivity contribution in [3.05, 3.63) is 0 Å². The average Bonchev–Trinajstić information content (AvgIpc) is 2.35. The first-order chi connectivity index (χ1) is 7.77. The topological polar surface area (TPSA) is 21.3 Å². The molecule has 1 saturated heterocycles. The fourth-order valence-electron chi connectivity index (χ4n) is 2.03. The van der Waals surface area contributed by atoms with E-state index in [1.165, 1.54) is 25.0 Å². The van der Waals surface area contributed by atoms with E-state index in [2.05, 4.69) is 26.1 Å². The molecule has 0 aliphatic carbocycles. The normalized spacial score (nSPS) is 25.3. The third-order valence-electron chi connectivity index (χ3n) is 3.30. The molecule has 0 spiro atoms. The Morgan fingerprint density at radius 1 is 1.44 bits per heavy atom. The second kappa shape index (κ2) is 8.37. The molecule has 1 aliphatic rings. The Labute approximate surface area is 105 Å². The van der Waals surface area contributed by atoms with Gasteiger partial charge in [-0.3, -0.25) is 0 Å². The van der Waals surface area contributed by atoms with Crippen LogP contribution in [0.1, 0.15) is 40.0 Å². The number of thioether (sulfide) groups is 1. The van der Waals surface area contributed by atoms with Gasteiger partial charge in [-0.15, -0.1) is 0 Å². The first-order valence-corrected chi connectivity index (χ1v) is 7.86. The number of rotatable bonds is 7. The SMILES string of the molecule is CCCNC(CC(C)CC)C1CSCCO1. The van der Waals surface area contributed by atoms with Crippen LogP contribution in [0.3, 0.4) is 0 Å². The molecule has 0 radical (unpaired) electrons. The average molecular weight is 245 g/mol. The molecule has 96 valence electrons. The van der Waals surface area contributed by atoms with E-state index in [4.69, 9.17) is 4.74 Å². The van der Waals surface area contributed by atoms with Crippen LogP contribution in [0.2, 0.25) is 0 Å². The number of nitrogens with one attached hydrogen (secondary N) is 1. The first kappa shape index (κ1) is 14.3. The van der Waals surface area contributed by atoms with Crippen LogP contribution in [0, 0.1) is 5.92 Å². The predicted molar refractivity (Wildman–Crippen MR) is 73.2 cm³/mol. The lowest BCUT2D eigenvalue weighted by atomic mass is 9.96. The van der Waals surface area contributed by atoms with Crippen molar-refractivity contribution in [1.29, 1.82) is 0 Å². The molecule has 1 rings (SSSR count). The largest absolute Gasteiger partial charge is 0.375 e. The van der Waals surface area contributed by atoms with E-state index in [1.807, 2.05) is 11.8 Å². The van der Waals surface area contributed by atoms with E-state index in [0.717, 1.165) is 24.8 Å².